The lowest BCUT2D eigenvalue weighted by molar-refractivity contribution is -0.124. The number of carbonyl (C=O) groups excluding carboxylic acids is 1. The predicted octanol–water partition coefficient (Wildman–Crippen LogP) is 6.19. The van der Waals surface area contributed by atoms with Crippen LogP contribution < -0.4 is 4.74 Å². The van der Waals surface area contributed by atoms with Gasteiger partial charge in [0.2, 0.25) is 0 Å². The number of hydrogen-bond acceptors (Lipinski definition) is 4. The van der Waals surface area contributed by atoms with Gasteiger partial charge in [0.25, 0.3) is 5.91 Å². The van der Waals surface area contributed by atoms with Crippen LogP contribution in [0.5, 0.6) is 5.75 Å². The number of rotatable bonds is 5. The maximum absolute atomic E-state index is 13.4. The minimum atomic E-state index is 0.0572. The first-order valence-electron chi connectivity index (χ1n) is 10.7. The minimum absolute atomic E-state index is 0.0572. The largest absolute Gasteiger partial charge is 0.496 e. The molecule has 2 aliphatic rings. The van der Waals surface area contributed by atoms with Crippen LogP contribution in [0.4, 0.5) is 5.69 Å². The Kier molecular flexibility index (Phi) is 6.58. The molecule has 0 spiro atoms. The van der Waals surface area contributed by atoms with Crippen LogP contribution in [-0.2, 0) is 11.2 Å². The van der Waals surface area contributed by atoms with E-state index in [-0.39, 0.29) is 11.9 Å². The molecule has 2 fully saturated rings. The number of carbonyl (C=O) groups is 1. The number of benzene rings is 2. The van der Waals surface area contributed by atoms with E-state index in [1.54, 1.807) is 7.11 Å². The van der Waals surface area contributed by atoms with Gasteiger partial charge in [-0.15, -0.1) is 0 Å². The molecule has 1 amide bonds. The van der Waals surface area contributed by atoms with Crippen LogP contribution in [0.1, 0.15) is 50.2 Å². The smallest absolute Gasteiger partial charge is 0.267 e. The van der Waals surface area contributed by atoms with Crippen molar-refractivity contribution in [3.8, 4) is 5.75 Å². The van der Waals surface area contributed by atoms with Crippen molar-refractivity contribution in [1.82, 2.24) is 4.90 Å². The Bertz CT molecular complexity index is 959. The van der Waals surface area contributed by atoms with E-state index in [1.807, 2.05) is 47.4 Å². The second-order valence-corrected chi connectivity index (χ2v) is 8.74. The number of para-hydroxylation sites is 1. The summed E-state index contributed by atoms with van der Waals surface area (Å²) in [6, 6.07) is 16.3. The molecule has 2 aromatic carbocycles. The summed E-state index contributed by atoms with van der Waals surface area (Å²) in [4.78, 5) is 21.0. The summed E-state index contributed by atoms with van der Waals surface area (Å²) < 4.78 is 5.47. The van der Waals surface area contributed by atoms with Crippen LogP contribution in [0.25, 0.3) is 6.08 Å². The Balaban J connectivity index is 1.70. The van der Waals surface area contributed by atoms with Gasteiger partial charge in [-0.05, 0) is 60.9 Å². The van der Waals surface area contributed by atoms with Gasteiger partial charge >= 0.3 is 0 Å². The Morgan fingerprint density at radius 1 is 1.10 bits per heavy atom. The number of aryl methyl sites for hydroxylation is 1. The summed E-state index contributed by atoms with van der Waals surface area (Å²) in [6.07, 6.45) is 8.62. The molecule has 4 nitrogen and oxygen atoms in total. The van der Waals surface area contributed by atoms with Gasteiger partial charge in [-0.1, -0.05) is 56.5 Å². The van der Waals surface area contributed by atoms with E-state index in [4.69, 9.17) is 9.73 Å². The summed E-state index contributed by atoms with van der Waals surface area (Å²) >= 11 is 1.47. The normalized spacial score (nSPS) is 20.3. The average molecular weight is 421 g/mol. The second-order valence-electron chi connectivity index (χ2n) is 7.73. The molecule has 1 aliphatic carbocycles. The second kappa shape index (κ2) is 9.52. The SMILES string of the molecule is CCc1ccc(N=C2S/C(=C/c3ccccc3OC)C(=O)N2C2CCCCC2)cc1. The summed E-state index contributed by atoms with van der Waals surface area (Å²) in [6.45, 7) is 2.14. The van der Waals surface area contributed by atoms with Crippen molar-refractivity contribution >= 4 is 34.6 Å². The molecular weight excluding hydrogens is 392 g/mol. The molecule has 0 N–H and O–H groups in total. The van der Waals surface area contributed by atoms with Crippen molar-refractivity contribution in [3.05, 3.63) is 64.6 Å². The third kappa shape index (κ3) is 4.46. The molecule has 2 aromatic rings. The van der Waals surface area contributed by atoms with Gasteiger partial charge < -0.3 is 4.74 Å². The first-order chi connectivity index (χ1) is 14.7. The van der Waals surface area contributed by atoms with Gasteiger partial charge in [0.1, 0.15) is 5.75 Å². The highest BCUT2D eigenvalue weighted by Crippen LogP contribution is 2.39. The number of ether oxygens (including phenoxy) is 1. The summed E-state index contributed by atoms with van der Waals surface area (Å²) in [5.74, 6) is 0.824. The zero-order chi connectivity index (χ0) is 20.9. The first kappa shape index (κ1) is 20.7. The quantitative estimate of drug-likeness (QED) is 0.541. The van der Waals surface area contributed by atoms with Crippen LogP contribution in [0.2, 0.25) is 0 Å². The lowest BCUT2D eigenvalue weighted by atomic mass is 9.94. The molecule has 156 valence electrons. The zero-order valence-corrected chi connectivity index (χ0v) is 18.5. The van der Waals surface area contributed by atoms with Crippen LogP contribution >= 0.6 is 11.8 Å². The molecule has 1 saturated heterocycles. The van der Waals surface area contributed by atoms with Gasteiger partial charge in [0.15, 0.2) is 5.17 Å². The molecule has 5 heteroatoms. The Labute approximate surface area is 183 Å². The van der Waals surface area contributed by atoms with E-state index in [0.29, 0.717) is 4.91 Å². The number of hydrogen-bond donors (Lipinski definition) is 0. The maximum Gasteiger partial charge on any atom is 0.267 e. The molecule has 30 heavy (non-hydrogen) atoms. The first-order valence-corrected chi connectivity index (χ1v) is 11.5. The van der Waals surface area contributed by atoms with Gasteiger partial charge in [0.05, 0.1) is 17.7 Å². The summed E-state index contributed by atoms with van der Waals surface area (Å²) in [5, 5.41) is 0.789. The lowest BCUT2D eigenvalue weighted by Crippen LogP contribution is -2.40. The highest BCUT2D eigenvalue weighted by molar-refractivity contribution is 8.18. The Morgan fingerprint density at radius 3 is 2.53 bits per heavy atom. The van der Waals surface area contributed by atoms with E-state index in [9.17, 15) is 4.79 Å². The van der Waals surface area contributed by atoms with Crippen LogP contribution in [-0.4, -0.2) is 29.1 Å². The maximum atomic E-state index is 13.4. The number of methoxy groups -OCH3 is 1. The number of amides is 1. The van der Waals surface area contributed by atoms with Gasteiger partial charge in [-0.2, -0.15) is 0 Å². The van der Waals surface area contributed by atoms with Crippen molar-refractivity contribution < 1.29 is 9.53 Å². The molecular formula is C25H28N2O2S. The van der Waals surface area contributed by atoms with E-state index in [2.05, 4.69) is 19.1 Å². The lowest BCUT2D eigenvalue weighted by Gasteiger charge is -2.30. The zero-order valence-electron chi connectivity index (χ0n) is 17.6. The number of amidine groups is 1. The molecule has 4 rings (SSSR count). The summed E-state index contributed by atoms with van der Waals surface area (Å²) in [5.41, 5.74) is 3.09. The monoisotopic (exact) mass is 420 g/mol. The number of nitrogens with zero attached hydrogens (tertiary/aromatic N) is 2. The molecule has 0 bridgehead atoms. The molecule has 0 atom stereocenters. The topological polar surface area (TPSA) is 41.9 Å². The average Bonchev–Trinajstić information content (AvgIpc) is 3.09. The van der Waals surface area contributed by atoms with E-state index in [1.165, 1.54) is 36.6 Å². The van der Waals surface area contributed by atoms with E-state index < -0.39 is 0 Å². The van der Waals surface area contributed by atoms with Crippen LogP contribution in [0, 0.1) is 0 Å². The van der Waals surface area contributed by atoms with E-state index in [0.717, 1.165) is 41.4 Å². The van der Waals surface area contributed by atoms with Crippen LogP contribution in [0.15, 0.2) is 58.4 Å². The molecule has 1 aliphatic heterocycles. The predicted molar refractivity (Wildman–Crippen MR) is 125 cm³/mol. The van der Waals surface area contributed by atoms with Gasteiger partial charge in [0, 0.05) is 11.6 Å². The third-order valence-corrected chi connectivity index (χ3v) is 6.75. The number of thioether (sulfide) groups is 1. The molecule has 1 heterocycles. The van der Waals surface area contributed by atoms with Crippen molar-refractivity contribution in [1.29, 1.82) is 0 Å². The third-order valence-electron chi connectivity index (χ3n) is 5.77. The van der Waals surface area contributed by atoms with Gasteiger partial charge in [-0.3, -0.25) is 9.69 Å². The van der Waals surface area contributed by atoms with Crippen molar-refractivity contribution in [2.45, 2.75) is 51.5 Å². The van der Waals surface area contributed by atoms with Crippen molar-refractivity contribution in [2.24, 2.45) is 4.99 Å². The number of aliphatic imine (C=N–C) groups is 1. The molecule has 0 radical (unpaired) electrons. The van der Waals surface area contributed by atoms with E-state index >= 15 is 0 Å². The van der Waals surface area contributed by atoms with Crippen molar-refractivity contribution in [2.75, 3.05) is 7.11 Å². The van der Waals surface area contributed by atoms with Crippen molar-refractivity contribution in [3.63, 3.8) is 0 Å². The fourth-order valence-corrected chi connectivity index (χ4v) is 5.12. The molecule has 0 unspecified atom stereocenters. The highest BCUT2D eigenvalue weighted by Gasteiger charge is 2.38. The summed E-state index contributed by atoms with van der Waals surface area (Å²) in [7, 11) is 1.65. The molecule has 1 saturated carbocycles. The standard InChI is InChI=1S/C25H28N2O2S/c1-3-18-13-15-20(16-14-18)26-25-27(21-10-5-4-6-11-21)24(28)23(30-25)17-19-9-7-8-12-22(19)29-2/h7-9,12-17,21H,3-6,10-11H2,1-2H3/b23-17+,26-25?. The van der Waals surface area contributed by atoms with Crippen LogP contribution in [0.3, 0.4) is 0 Å². The molecule has 0 aromatic heterocycles. The Morgan fingerprint density at radius 2 is 1.83 bits per heavy atom. The van der Waals surface area contributed by atoms with Gasteiger partial charge in [-0.25, -0.2) is 4.99 Å². The Hall–Kier alpha value is -2.53. The highest BCUT2D eigenvalue weighted by atomic mass is 32.2. The fourth-order valence-electron chi connectivity index (χ4n) is 4.07. The fraction of sp³-hybridized carbons (Fsp3) is 0.360. The minimum Gasteiger partial charge on any atom is -0.496 e.